The van der Waals surface area contributed by atoms with Gasteiger partial charge in [0.1, 0.15) is 0 Å². The van der Waals surface area contributed by atoms with Gasteiger partial charge in [-0.2, -0.15) is 0 Å². The maximum Gasteiger partial charge on any atom is 1.00 e. The molecule has 3 fully saturated rings. The summed E-state index contributed by atoms with van der Waals surface area (Å²) in [6, 6.07) is 0. The Morgan fingerprint density at radius 3 is 0.455 bits per heavy atom. The van der Waals surface area contributed by atoms with Crippen LogP contribution >= 0.6 is 0 Å². The Kier molecular flexibility index (Phi) is 129. The van der Waals surface area contributed by atoms with E-state index < -0.39 is 0 Å². The summed E-state index contributed by atoms with van der Waals surface area (Å²) in [7, 11) is 0. The van der Waals surface area contributed by atoms with E-state index in [2.05, 4.69) is 69.2 Å². The van der Waals surface area contributed by atoms with Crippen molar-refractivity contribution in [2.24, 2.45) is 0 Å². The SMILES string of the molecule is C1CCOC1.C1CCOC1.C1CCOC1.[CH2][CH][CH2].[CH2][CH][CH2].[CH2][CH][CH2].[CH2][CH][CH2].[CH2][CH][CH2].[Li+].[Li+].[Nd]. The summed E-state index contributed by atoms with van der Waals surface area (Å²) >= 11 is 0. The Bertz CT molecular complexity index is 134. The van der Waals surface area contributed by atoms with E-state index in [0.29, 0.717) is 0 Å². The zero-order valence-electron chi connectivity index (χ0n) is 22.2. The first kappa shape index (κ1) is 55.8. The minimum atomic E-state index is 0. The van der Waals surface area contributed by atoms with Gasteiger partial charge in [-0.05, 0) is 140 Å². The van der Waals surface area contributed by atoms with Crippen molar-refractivity contribution >= 4 is 0 Å². The predicted octanol–water partition coefficient (Wildman–Crippen LogP) is 0.693. The van der Waals surface area contributed by atoms with Gasteiger partial charge in [0.05, 0.1) is 0 Å². The van der Waals surface area contributed by atoms with Gasteiger partial charge in [0.15, 0.2) is 0 Å². The van der Waals surface area contributed by atoms with Gasteiger partial charge in [-0.15, -0.1) is 0 Å². The summed E-state index contributed by atoms with van der Waals surface area (Å²) in [5.41, 5.74) is 0. The van der Waals surface area contributed by atoms with E-state index in [9.17, 15) is 0 Å². The van der Waals surface area contributed by atoms with Gasteiger partial charge in [0, 0.05) is 80.5 Å². The normalized spacial score (nSPS) is 13.6. The zero-order valence-corrected chi connectivity index (χ0v) is 25.4. The van der Waals surface area contributed by atoms with Crippen molar-refractivity contribution in [1.82, 2.24) is 0 Å². The molecule has 0 aromatic carbocycles. The largest absolute Gasteiger partial charge is 1.00 e. The fraction of sp³-hybridized carbons (Fsp3) is 0.444. The fourth-order valence-electron chi connectivity index (χ4n) is 1.53. The van der Waals surface area contributed by atoms with E-state index in [-0.39, 0.29) is 78.6 Å². The third kappa shape index (κ3) is 119. The molecule has 0 aliphatic carbocycles. The Morgan fingerprint density at radius 2 is 0.424 bits per heavy atom. The minimum absolute atomic E-state index is 0. The van der Waals surface area contributed by atoms with Gasteiger partial charge in [0.2, 0.25) is 0 Å². The third-order valence-corrected chi connectivity index (χ3v) is 2.48. The molecule has 33 heavy (non-hydrogen) atoms. The summed E-state index contributed by atoms with van der Waals surface area (Å²) in [4.78, 5) is 0. The van der Waals surface area contributed by atoms with Gasteiger partial charge >= 0.3 is 37.7 Å². The second kappa shape index (κ2) is 76.5. The third-order valence-electron chi connectivity index (χ3n) is 2.48. The maximum atomic E-state index is 4.94. The molecule has 3 nitrogen and oxygen atoms in total. The smallest absolute Gasteiger partial charge is 0.381 e. The zero-order chi connectivity index (χ0) is 24.1. The number of hydrogen-bond donors (Lipinski definition) is 0. The van der Waals surface area contributed by atoms with Crippen molar-refractivity contribution < 1.29 is 92.8 Å². The summed E-state index contributed by atoms with van der Waals surface area (Å²) in [6.45, 7) is 38.5. The maximum absolute atomic E-state index is 4.94. The standard InChI is InChI=1S/3C4H8O.5C3H5.2Li.Nd/c3*1-2-4-5-3-1;5*1-3-2;;;/h3*1-4H2;5*3H,1-2H2;;;/q;;;;;;;;2*+1;. The molecule has 3 rings (SSSR count). The van der Waals surface area contributed by atoms with E-state index in [0.717, 1.165) is 39.6 Å². The summed E-state index contributed by atoms with van der Waals surface area (Å²) in [5, 5.41) is 0. The molecule has 179 valence electrons. The molecule has 0 atom stereocenters. The average Bonchev–Trinajstić information content (AvgIpc) is 3.54. The van der Waals surface area contributed by atoms with Crippen molar-refractivity contribution in [3.63, 3.8) is 0 Å². The van der Waals surface area contributed by atoms with Gasteiger partial charge < -0.3 is 14.2 Å². The molecule has 0 aromatic rings. The molecular weight excluding hydrogens is 530 g/mol. The van der Waals surface area contributed by atoms with Crippen LogP contribution in [-0.2, 0) is 14.2 Å². The molecule has 0 spiro atoms. The molecule has 0 aromatic heterocycles. The van der Waals surface area contributed by atoms with Crippen molar-refractivity contribution in [3.8, 4) is 0 Å². The van der Waals surface area contributed by atoms with Gasteiger partial charge in [-0.3, -0.25) is 0 Å². The van der Waals surface area contributed by atoms with E-state index in [4.69, 9.17) is 14.2 Å². The van der Waals surface area contributed by atoms with Crippen LogP contribution in [0.5, 0.6) is 0 Å². The second-order valence-corrected chi connectivity index (χ2v) is 5.40. The first-order valence-corrected chi connectivity index (χ1v) is 10.3. The Hall–Kier alpha value is 2.43. The van der Waals surface area contributed by atoms with Crippen LogP contribution in [0, 0.1) is 142 Å². The molecule has 3 aliphatic rings. The Balaban J connectivity index is -0.0000000362. The summed E-state index contributed by atoms with van der Waals surface area (Å²) in [5.74, 6) is 0. The molecule has 6 heteroatoms. The van der Waals surface area contributed by atoms with Crippen LogP contribution in [0.3, 0.4) is 0 Å². The van der Waals surface area contributed by atoms with Gasteiger partial charge in [-0.25, -0.2) is 0 Å². The van der Waals surface area contributed by atoms with Crippen LogP contribution in [-0.4, -0.2) is 39.6 Å². The van der Waals surface area contributed by atoms with Gasteiger partial charge in [-0.1, -0.05) is 0 Å². The topological polar surface area (TPSA) is 27.7 Å². The molecule has 3 aliphatic heterocycles. The summed E-state index contributed by atoms with van der Waals surface area (Å²) < 4.78 is 14.8. The molecule has 0 saturated carbocycles. The molecule has 15 radical (unpaired) electrons. The molecule has 3 heterocycles. The quantitative estimate of drug-likeness (QED) is 0.396. The van der Waals surface area contributed by atoms with E-state index in [1.54, 1.807) is 0 Å². The van der Waals surface area contributed by atoms with Crippen LogP contribution < -0.4 is 37.7 Å². The predicted molar refractivity (Wildman–Crippen MR) is 135 cm³/mol. The molecular formula is C27H49Li2NdO3+2. The van der Waals surface area contributed by atoms with E-state index >= 15 is 0 Å². The van der Waals surface area contributed by atoms with Gasteiger partial charge in [0.25, 0.3) is 0 Å². The minimum Gasteiger partial charge on any atom is -0.381 e. The number of rotatable bonds is 0. The second-order valence-electron chi connectivity index (χ2n) is 5.40. The molecule has 0 unspecified atom stereocenters. The van der Waals surface area contributed by atoms with Crippen molar-refractivity contribution in [3.05, 3.63) is 101 Å². The van der Waals surface area contributed by atoms with E-state index in [1.165, 1.54) is 70.6 Å². The van der Waals surface area contributed by atoms with Crippen molar-refractivity contribution in [2.45, 2.75) is 38.5 Å². The molecule has 0 bridgehead atoms. The molecule has 3 saturated heterocycles. The average molecular weight is 580 g/mol. The van der Waals surface area contributed by atoms with Crippen LogP contribution in [0.4, 0.5) is 0 Å². The number of ether oxygens (including phenoxy) is 3. The van der Waals surface area contributed by atoms with Crippen molar-refractivity contribution in [2.75, 3.05) is 39.6 Å². The van der Waals surface area contributed by atoms with Crippen LogP contribution in [0.15, 0.2) is 0 Å². The molecule has 0 N–H and O–H groups in total. The van der Waals surface area contributed by atoms with Crippen LogP contribution in [0.1, 0.15) is 38.5 Å². The van der Waals surface area contributed by atoms with Crippen LogP contribution in [0.2, 0.25) is 0 Å². The fourth-order valence-corrected chi connectivity index (χ4v) is 1.53. The first-order valence-electron chi connectivity index (χ1n) is 10.3. The Morgan fingerprint density at radius 1 is 0.333 bits per heavy atom. The van der Waals surface area contributed by atoms with E-state index in [1.807, 2.05) is 0 Å². The first-order chi connectivity index (χ1) is 14.6. The summed E-state index contributed by atoms with van der Waals surface area (Å²) in [6.07, 6.45) is 15.2. The van der Waals surface area contributed by atoms with Crippen molar-refractivity contribution in [1.29, 1.82) is 0 Å². The Labute approximate surface area is 269 Å². The van der Waals surface area contributed by atoms with Crippen LogP contribution in [0.25, 0.3) is 0 Å². The number of hydrogen-bond acceptors (Lipinski definition) is 3. The molecule has 0 amide bonds. The monoisotopic (exact) mass is 577 g/mol.